The Morgan fingerprint density at radius 2 is 1.38 bits per heavy atom. The van der Waals surface area contributed by atoms with Crippen LogP contribution in [0.15, 0.2) is 71.6 Å². The van der Waals surface area contributed by atoms with Gasteiger partial charge in [-0.25, -0.2) is 8.42 Å². The first kappa shape index (κ1) is 28.6. The first-order valence-electron chi connectivity index (χ1n) is 10.2. The van der Waals surface area contributed by atoms with Crippen molar-refractivity contribution in [1.82, 2.24) is 5.32 Å². The van der Waals surface area contributed by atoms with E-state index >= 15 is 0 Å². The number of rotatable bonds is 7. The maximum absolute atomic E-state index is 13.5. The number of carbonyl (C=O) groups excluding carboxylic acids is 1. The van der Waals surface area contributed by atoms with Gasteiger partial charge in [0.15, 0.2) is 0 Å². The predicted molar refractivity (Wildman–Crippen MR) is 126 cm³/mol. The number of alkyl halides is 6. The fourth-order valence-electron chi connectivity index (χ4n) is 3.17. The van der Waals surface area contributed by atoms with Gasteiger partial charge in [0, 0.05) is 6.54 Å². The number of nitrogens with zero attached hydrogens (tertiary/aromatic N) is 1. The molecule has 0 bridgehead atoms. The van der Waals surface area contributed by atoms with Crippen LogP contribution in [0.5, 0.6) is 0 Å². The van der Waals surface area contributed by atoms with Crippen LogP contribution in [0.3, 0.4) is 0 Å². The van der Waals surface area contributed by atoms with E-state index in [4.69, 9.17) is 23.2 Å². The molecule has 0 radical (unpaired) electrons. The van der Waals surface area contributed by atoms with Crippen LogP contribution in [0.1, 0.15) is 16.7 Å². The van der Waals surface area contributed by atoms with E-state index in [-0.39, 0.29) is 10.8 Å². The molecule has 37 heavy (non-hydrogen) atoms. The van der Waals surface area contributed by atoms with E-state index < -0.39 is 66.6 Å². The van der Waals surface area contributed by atoms with Crippen LogP contribution in [0.4, 0.5) is 32.0 Å². The van der Waals surface area contributed by atoms with Crippen LogP contribution in [-0.2, 0) is 33.7 Å². The molecule has 0 fully saturated rings. The Morgan fingerprint density at radius 1 is 0.811 bits per heavy atom. The van der Waals surface area contributed by atoms with E-state index in [1.54, 1.807) is 30.3 Å². The Bertz CT molecular complexity index is 1400. The van der Waals surface area contributed by atoms with Crippen LogP contribution >= 0.6 is 23.2 Å². The fourth-order valence-corrected chi connectivity index (χ4v) is 5.39. The summed E-state index contributed by atoms with van der Waals surface area (Å²) in [5.41, 5.74) is -2.59. The first-order valence-corrected chi connectivity index (χ1v) is 12.4. The van der Waals surface area contributed by atoms with Crippen molar-refractivity contribution in [2.75, 3.05) is 10.8 Å². The molecule has 1 N–H and O–H groups in total. The molecule has 0 aromatic heterocycles. The minimum Gasteiger partial charge on any atom is -0.350 e. The summed E-state index contributed by atoms with van der Waals surface area (Å²) in [6, 6.07) is 11.6. The van der Waals surface area contributed by atoms with E-state index in [9.17, 15) is 39.6 Å². The summed E-state index contributed by atoms with van der Waals surface area (Å²) in [4.78, 5) is 11.8. The number of anilines is 1. The summed E-state index contributed by atoms with van der Waals surface area (Å²) in [7, 11) is -4.99. The molecule has 3 rings (SSSR count). The number of nitrogens with one attached hydrogen (secondary N) is 1. The Balaban J connectivity index is 2.07. The van der Waals surface area contributed by atoms with Crippen molar-refractivity contribution < 1.29 is 39.6 Å². The van der Waals surface area contributed by atoms with Crippen molar-refractivity contribution in [3.8, 4) is 0 Å². The van der Waals surface area contributed by atoms with Gasteiger partial charge in [-0.05, 0) is 42.0 Å². The number of benzene rings is 3. The zero-order valence-electron chi connectivity index (χ0n) is 18.4. The SMILES string of the molecule is O=C(CN(c1cc(C(F)(F)F)ccc1Cl)S(=O)(=O)c1ccc(C(F)(F)F)cc1Cl)NCc1ccccc1. The Hall–Kier alpha value is -2.96. The number of halogens is 8. The lowest BCUT2D eigenvalue weighted by Gasteiger charge is -2.26. The first-order chi connectivity index (χ1) is 17.1. The third-order valence-corrected chi connectivity index (χ3v) is 7.55. The van der Waals surface area contributed by atoms with Gasteiger partial charge in [0.1, 0.15) is 11.4 Å². The molecular weight excluding hydrogens is 569 g/mol. The van der Waals surface area contributed by atoms with Gasteiger partial charge >= 0.3 is 12.4 Å². The minimum absolute atomic E-state index is 0.0368. The van der Waals surface area contributed by atoms with Gasteiger partial charge in [0.05, 0.1) is 26.9 Å². The van der Waals surface area contributed by atoms with Gasteiger partial charge < -0.3 is 5.32 Å². The van der Waals surface area contributed by atoms with Crippen LogP contribution in [0.2, 0.25) is 10.0 Å². The van der Waals surface area contributed by atoms with Crippen molar-refractivity contribution in [2.24, 2.45) is 0 Å². The second-order valence-corrected chi connectivity index (χ2v) is 10.2. The fraction of sp³-hybridized carbons (Fsp3) is 0.174. The second-order valence-electron chi connectivity index (χ2n) is 7.58. The Labute approximate surface area is 217 Å². The van der Waals surface area contributed by atoms with E-state index in [2.05, 4.69) is 5.32 Å². The van der Waals surface area contributed by atoms with Crippen molar-refractivity contribution in [3.05, 3.63) is 93.5 Å². The molecule has 0 atom stereocenters. The van der Waals surface area contributed by atoms with Gasteiger partial charge in [-0.3, -0.25) is 9.10 Å². The number of hydrogen-bond donors (Lipinski definition) is 1. The molecule has 0 aliphatic rings. The maximum atomic E-state index is 13.5. The lowest BCUT2D eigenvalue weighted by Crippen LogP contribution is -2.41. The number of hydrogen-bond acceptors (Lipinski definition) is 3. The third-order valence-electron chi connectivity index (χ3n) is 4.99. The Kier molecular flexibility index (Phi) is 8.35. The maximum Gasteiger partial charge on any atom is 0.416 e. The highest BCUT2D eigenvalue weighted by Gasteiger charge is 2.37. The average Bonchev–Trinajstić information content (AvgIpc) is 2.80. The summed E-state index contributed by atoms with van der Waals surface area (Å²) in [5.74, 6) is -0.927. The quantitative estimate of drug-likeness (QED) is 0.320. The molecular formula is C23H16Cl2F6N2O3S. The lowest BCUT2D eigenvalue weighted by molar-refractivity contribution is -0.138. The monoisotopic (exact) mass is 584 g/mol. The molecule has 0 spiro atoms. The number of sulfonamides is 1. The van der Waals surface area contributed by atoms with Gasteiger partial charge in [-0.15, -0.1) is 0 Å². The highest BCUT2D eigenvalue weighted by atomic mass is 35.5. The zero-order chi connectivity index (χ0) is 27.6. The molecule has 0 saturated heterocycles. The molecule has 0 heterocycles. The van der Waals surface area contributed by atoms with Crippen molar-refractivity contribution >= 4 is 44.8 Å². The van der Waals surface area contributed by atoms with Gasteiger partial charge in [0.2, 0.25) is 5.91 Å². The molecule has 3 aromatic rings. The van der Waals surface area contributed by atoms with E-state index in [0.717, 1.165) is 6.07 Å². The highest BCUT2D eigenvalue weighted by molar-refractivity contribution is 7.93. The molecule has 1 amide bonds. The van der Waals surface area contributed by atoms with E-state index in [1.165, 1.54) is 0 Å². The molecule has 3 aromatic carbocycles. The average molecular weight is 585 g/mol. The van der Waals surface area contributed by atoms with Gasteiger partial charge in [-0.2, -0.15) is 26.3 Å². The zero-order valence-corrected chi connectivity index (χ0v) is 20.7. The van der Waals surface area contributed by atoms with Crippen LogP contribution in [0, 0.1) is 0 Å². The summed E-state index contributed by atoms with van der Waals surface area (Å²) in [6.45, 7) is -1.08. The molecule has 14 heteroatoms. The molecule has 5 nitrogen and oxygen atoms in total. The normalized spacial score (nSPS) is 12.3. The molecule has 0 aliphatic carbocycles. The summed E-state index contributed by atoms with van der Waals surface area (Å²) in [5, 5.41) is 1.12. The van der Waals surface area contributed by atoms with E-state index in [1.807, 2.05) is 0 Å². The van der Waals surface area contributed by atoms with Gasteiger partial charge in [-0.1, -0.05) is 53.5 Å². The summed E-state index contributed by atoms with van der Waals surface area (Å²) >= 11 is 11.9. The van der Waals surface area contributed by atoms with Crippen molar-refractivity contribution in [3.63, 3.8) is 0 Å². The second kappa shape index (κ2) is 10.8. The molecule has 0 saturated carbocycles. The molecule has 198 valence electrons. The lowest BCUT2D eigenvalue weighted by atomic mass is 10.2. The summed E-state index contributed by atoms with van der Waals surface area (Å²) in [6.07, 6.45) is -9.73. The molecule has 0 unspecified atom stereocenters. The van der Waals surface area contributed by atoms with Crippen molar-refractivity contribution in [2.45, 2.75) is 23.8 Å². The van der Waals surface area contributed by atoms with Crippen LogP contribution in [-0.4, -0.2) is 20.9 Å². The van der Waals surface area contributed by atoms with Crippen molar-refractivity contribution in [1.29, 1.82) is 0 Å². The van der Waals surface area contributed by atoms with E-state index in [0.29, 0.717) is 35.9 Å². The largest absolute Gasteiger partial charge is 0.416 e. The topological polar surface area (TPSA) is 66.5 Å². The third kappa shape index (κ3) is 6.88. The summed E-state index contributed by atoms with van der Waals surface area (Å²) < 4.78 is 106. The van der Waals surface area contributed by atoms with Crippen LogP contribution < -0.4 is 9.62 Å². The predicted octanol–water partition coefficient (Wildman–Crippen LogP) is 6.54. The number of carbonyl (C=O) groups is 1. The highest BCUT2D eigenvalue weighted by Crippen LogP contribution is 2.39. The smallest absolute Gasteiger partial charge is 0.350 e. The van der Waals surface area contributed by atoms with Crippen LogP contribution in [0.25, 0.3) is 0 Å². The minimum atomic E-state index is -4.99. The Morgan fingerprint density at radius 3 is 1.95 bits per heavy atom. The number of amides is 1. The standard InChI is InChI=1S/C23H16Cl2F6N2O3S/c24-17-8-6-16(23(29,30)31)11-19(17)33(13-21(34)32-12-14-4-2-1-3-5-14)37(35,36)20-9-7-15(10-18(20)25)22(26,27)28/h1-11H,12-13H2,(H,32,34). The van der Waals surface area contributed by atoms with Gasteiger partial charge in [0.25, 0.3) is 10.0 Å². The molecule has 0 aliphatic heterocycles.